The van der Waals surface area contributed by atoms with Crippen molar-refractivity contribution in [3.05, 3.63) is 380 Å². The number of primary sulfonamides is 2. The van der Waals surface area contributed by atoms with E-state index in [1.807, 2.05) is 118 Å². The topological polar surface area (TPSA) is 427 Å². The minimum atomic E-state index is -4.74. The summed E-state index contributed by atoms with van der Waals surface area (Å²) in [5.41, 5.74) is 12.4. The number of carboxylic acids is 1. The number of nitrogens with two attached hydrogens (primary N) is 2. The maximum absolute atomic E-state index is 13.2. The number of nitrogens with one attached hydrogen (secondary N) is 2. The number of esters is 1. The molecule has 762 valence electrons. The minimum absolute atomic E-state index is 0. The van der Waals surface area contributed by atoms with E-state index in [0.29, 0.717) is 65.9 Å². The first-order valence-corrected chi connectivity index (χ1v) is 52.6. The van der Waals surface area contributed by atoms with Crippen molar-refractivity contribution in [1.29, 1.82) is 0 Å². The number of rotatable bonds is 21. The molecule has 0 atom stereocenters. The van der Waals surface area contributed by atoms with E-state index in [1.165, 1.54) is 79.1 Å². The number of aryl methyl sites for hydroxylation is 4. The van der Waals surface area contributed by atoms with Crippen molar-refractivity contribution in [2.45, 2.75) is 90.5 Å². The molecule has 16 aromatic rings. The van der Waals surface area contributed by atoms with Crippen LogP contribution in [0.1, 0.15) is 69.6 Å². The SMILES string of the molecule is CCC(=O)[N-]S(=O)(=O)c1ccc(-c2c(-c3ccccc3)noc2C)cc1.CS(=O)(=O)c1ccc(C2=C(c3ccc(C(F)(F)F)cc3)C(=O)OC2)cc1.Cc1ccc(-c2ncc(Cl)cc2-c2ccc(S(C)(=O)=O)cc2)cn1.Cc1ccc(Nc2c(Cl)cccc2Cl)c(CC(=O)O)c1.Cc1onc(-c2ccccc2)c1-c1ccc(S(N)(=O)=O)cc1.NS(=O)(=O)c1ccc(-[n+]2[nH]c(C(F)(F)F)cc2-c2ccc(C(F)(F)F)cc2)cc1.[Na+]. The van der Waals surface area contributed by atoms with Crippen LogP contribution in [-0.4, -0.2) is 110 Å². The Labute approximate surface area is 881 Å². The van der Waals surface area contributed by atoms with Crippen LogP contribution in [0, 0.1) is 27.7 Å². The molecule has 17 rings (SSSR count). The third-order valence-electron chi connectivity index (χ3n) is 21.7. The summed E-state index contributed by atoms with van der Waals surface area (Å²) in [7, 11) is -18.3. The Hall–Kier alpha value is -13.8. The molecule has 148 heavy (non-hydrogen) atoms. The molecule has 1 aliphatic rings. The molecule has 7 N–H and O–H groups in total. The predicted octanol–water partition coefficient (Wildman–Crippen LogP) is 20.4. The van der Waals surface area contributed by atoms with Crippen LogP contribution in [0.3, 0.4) is 0 Å². The number of carbonyl (C=O) groups is 3. The van der Waals surface area contributed by atoms with Gasteiger partial charge in [-0.05, 0) is 201 Å². The second-order valence-corrected chi connectivity index (χ2v) is 42.4. The van der Waals surface area contributed by atoms with E-state index in [0.717, 1.165) is 138 Å². The summed E-state index contributed by atoms with van der Waals surface area (Å²) in [4.78, 5) is 43.3. The van der Waals surface area contributed by atoms with Gasteiger partial charge in [0.1, 0.15) is 39.5 Å². The Morgan fingerprint density at radius 3 is 1.36 bits per heavy atom. The van der Waals surface area contributed by atoms with Crippen LogP contribution in [0.4, 0.5) is 50.9 Å². The fourth-order valence-corrected chi connectivity index (χ4v) is 18.3. The zero-order valence-electron chi connectivity index (χ0n) is 78.9. The second-order valence-electron chi connectivity index (χ2n) is 32.4. The first-order valence-electron chi connectivity index (χ1n) is 43.2. The normalized spacial score (nSPS) is 12.2. The summed E-state index contributed by atoms with van der Waals surface area (Å²) in [6, 6.07) is 74.0. The number of sulfonamides is 3. The monoisotopic (exact) mass is 2190 g/mol. The summed E-state index contributed by atoms with van der Waals surface area (Å²) >= 11 is 18.3. The van der Waals surface area contributed by atoms with Crippen molar-refractivity contribution >= 4 is 125 Å². The molecule has 1 amide bonds. The number of benzene rings is 11. The van der Waals surface area contributed by atoms with Gasteiger partial charge in [0.25, 0.3) is 0 Å². The van der Waals surface area contributed by atoms with Crippen LogP contribution >= 0.6 is 34.8 Å². The van der Waals surface area contributed by atoms with Crippen LogP contribution < -0.4 is 49.8 Å². The summed E-state index contributed by atoms with van der Waals surface area (Å²) in [5.74, 6) is -0.890. The first kappa shape index (κ1) is 115. The van der Waals surface area contributed by atoms with Gasteiger partial charge in [-0.25, -0.2) is 57.2 Å². The van der Waals surface area contributed by atoms with Crippen molar-refractivity contribution in [3.8, 4) is 84.1 Å². The molecule has 0 fully saturated rings. The second kappa shape index (κ2) is 48.0. The van der Waals surface area contributed by atoms with Gasteiger partial charge in [0.2, 0.25) is 31.4 Å². The molecule has 0 radical (unpaired) electrons. The van der Waals surface area contributed by atoms with E-state index in [4.69, 9.17) is 64.0 Å². The third-order valence-corrected chi connectivity index (χ3v) is 28.0. The van der Waals surface area contributed by atoms with Crippen molar-refractivity contribution in [2.75, 3.05) is 24.4 Å². The van der Waals surface area contributed by atoms with Crippen LogP contribution in [0.25, 0.3) is 100.0 Å². The maximum Gasteiger partial charge on any atom is 1.00 e. The van der Waals surface area contributed by atoms with E-state index in [1.54, 1.807) is 93.0 Å². The average molecular weight is 2190 g/mol. The largest absolute Gasteiger partial charge is 1.00 e. The number of halogens is 12. The Morgan fingerprint density at radius 2 is 0.919 bits per heavy atom. The number of amides is 1. The average Bonchev–Trinajstić information content (AvgIpc) is 1.60. The number of alkyl halides is 9. The summed E-state index contributed by atoms with van der Waals surface area (Å²) in [6.07, 6.45) is -8.20. The van der Waals surface area contributed by atoms with Gasteiger partial charge < -0.3 is 33.7 Å². The molecule has 0 saturated heterocycles. The van der Waals surface area contributed by atoms with Crippen molar-refractivity contribution in [2.24, 2.45) is 10.3 Å². The molecule has 11 aromatic carbocycles. The summed E-state index contributed by atoms with van der Waals surface area (Å²) < 4.78 is 252. The Balaban J connectivity index is 0.000000169. The minimum Gasteiger partial charge on any atom is -0.542 e. The number of carbonyl (C=O) groups excluding carboxylic acids is 2. The first-order chi connectivity index (χ1) is 69.0. The third kappa shape index (κ3) is 29.8. The van der Waals surface area contributed by atoms with E-state index in [9.17, 15) is 96.0 Å². The standard InChI is InChI=1S/C19H18N2O4S.C18H15ClN2O2S.C18H13F3O4S.C17H11F6N3O2S.C16H14N2O3S.C15H13Cl2NO2.Na/c1-3-17(22)21-26(23,24)16-11-9-14(10-12-16)18-13(2)25-20-19(18)15-7-5-4-6-8-15;1-12-3-4-14(10-20-12)18-17(9-15(19)11-21-18)13-5-7-16(8-6-13)24(2,22)23;1-26(23,24)14-8-4-11(5-9-14)15-10-25-17(22)16(15)12-2-6-13(7-3-12)18(19,20)21;18-16(19,20)11-3-1-10(2-4-11)14-9-15(17(21,22)23)25-26(14)12-5-7-13(8-6-12)29(24,27)28;1-11-15(12-7-9-14(10-8-12)22(17,19)20)16(18-21-11)13-5-3-2-4-6-13;1-9-5-6-13(10(7-9)8-14(19)20)18-15-11(16)3-2-4-12(15)17;/h4-12H,3H2,1-2H3,(H,21,22);3-11H,1-2H3;2-9H,10H2,1H3;1-9H,(H2,24,27,28);2-10H,1H3,(H2,17,19,20);2-7,18H,8H2,1H3,(H,19,20);/q;;;;;;+1. The van der Waals surface area contributed by atoms with Crippen LogP contribution in [-0.2, 0) is 93.8 Å². The molecule has 27 nitrogen and oxygen atoms in total. The van der Waals surface area contributed by atoms with Gasteiger partial charge in [-0.15, -0.1) is 0 Å². The molecule has 0 spiro atoms. The number of aromatic nitrogens is 6. The number of ether oxygens (including phenoxy) is 1. The number of H-pyrrole nitrogens is 1. The molecule has 5 aromatic heterocycles. The fraction of sp³-hybridized carbons (Fsp3) is 0.126. The van der Waals surface area contributed by atoms with Gasteiger partial charge >= 0.3 is 60.0 Å². The molecule has 1 aliphatic heterocycles. The van der Waals surface area contributed by atoms with Gasteiger partial charge in [-0.2, -0.15) is 44.6 Å². The quantitative estimate of drug-likeness (QED) is 0.0193. The zero-order valence-corrected chi connectivity index (χ0v) is 87.2. The number of hydrogen-bond donors (Lipinski definition) is 5. The molecule has 6 heterocycles. The Morgan fingerprint density at radius 1 is 0.480 bits per heavy atom. The molecule has 0 aliphatic carbocycles. The Bertz CT molecular complexity index is 8160. The van der Waals surface area contributed by atoms with E-state index in [2.05, 4.69) is 35.4 Å². The zero-order chi connectivity index (χ0) is 107. The van der Waals surface area contributed by atoms with Crippen LogP contribution in [0.15, 0.2) is 337 Å². The number of carboxylic acid groups (broad SMARTS) is 1. The number of cyclic esters (lactones) is 1. The number of aromatic amines is 1. The number of hydrogen-bond acceptors (Lipinski definition) is 21. The van der Waals surface area contributed by atoms with Gasteiger partial charge in [0.05, 0.1) is 91.1 Å². The smallest absolute Gasteiger partial charge is 0.542 e. The number of sulfone groups is 2. The number of para-hydroxylation sites is 1. The van der Waals surface area contributed by atoms with Gasteiger partial charge in [0, 0.05) is 87.9 Å². The van der Waals surface area contributed by atoms with Crippen molar-refractivity contribution < 1.29 is 149 Å². The fourth-order valence-electron chi connectivity index (χ4n) is 14.4. The number of nitrogens with zero attached hydrogens (tertiary/aromatic N) is 6. The summed E-state index contributed by atoms with van der Waals surface area (Å²) in [6.45, 7) is 8.98. The number of aliphatic carboxylic acids is 1. The van der Waals surface area contributed by atoms with Crippen LogP contribution in [0.2, 0.25) is 15.1 Å². The van der Waals surface area contributed by atoms with Gasteiger partial charge in [-0.1, -0.05) is 202 Å². The molecular formula is C103H84Cl3F9N10NaO17S5+. The molecule has 0 unspecified atom stereocenters. The van der Waals surface area contributed by atoms with E-state index < -0.39 is 103 Å². The molecule has 0 bridgehead atoms. The van der Waals surface area contributed by atoms with E-state index >= 15 is 0 Å². The van der Waals surface area contributed by atoms with Gasteiger partial charge in [0.15, 0.2) is 25.4 Å². The number of pyridine rings is 2. The molecule has 0 saturated carbocycles. The molecule has 45 heteroatoms. The Kier molecular flexibility index (Phi) is 37.2. The molecular weight excluding hydrogens is 2110 g/mol. The van der Waals surface area contributed by atoms with Crippen LogP contribution in [0.5, 0.6) is 0 Å². The van der Waals surface area contributed by atoms with E-state index in [-0.39, 0.29) is 96.0 Å². The van der Waals surface area contributed by atoms with Crippen molar-refractivity contribution in [1.82, 2.24) is 25.4 Å². The maximum atomic E-state index is 13.2. The predicted molar refractivity (Wildman–Crippen MR) is 537 cm³/mol. The van der Waals surface area contributed by atoms with Gasteiger partial charge in [-0.3, -0.25) is 14.8 Å². The van der Waals surface area contributed by atoms with Crippen molar-refractivity contribution in [3.63, 3.8) is 0 Å². The number of anilines is 2. The summed E-state index contributed by atoms with van der Waals surface area (Å²) in [5, 5.41) is 34.1.